The molecular formula is C13H16ClF2NO3S. The minimum atomic E-state index is -4.48. The highest BCUT2D eigenvalue weighted by molar-refractivity contribution is 8.13. The lowest BCUT2D eigenvalue weighted by Crippen LogP contribution is -2.35. The Morgan fingerprint density at radius 2 is 1.95 bits per heavy atom. The zero-order valence-electron chi connectivity index (χ0n) is 11.6. The predicted molar refractivity (Wildman–Crippen MR) is 75.9 cm³/mol. The Balaban J connectivity index is 3.19. The number of nitrogens with one attached hydrogen (secondary N) is 1. The Labute approximate surface area is 126 Å². The fourth-order valence-electron chi connectivity index (χ4n) is 1.90. The highest BCUT2D eigenvalue weighted by atomic mass is 35.7. The Morgan fingerprint density at radius 3 is 2.43 bits per heavy atom. The maximum absolute atomic E-state index is 14.0. The third-order valence-corrected chi connectivity index (χ3v) is 4.30. The molecule has 1 rings (SSSR count). The van der Waals surface area contributed by atoms with E-state index in [1.54, 1.807) is 0 Å². The van der Waals surface area contributed by atoms with Crippen molar-refractivity contribution in [3.8, 4) is 0 Å². The highest BCUT2D eigenvalue weighted by Crippen LogP contribution is 2.23. The summed E-state index contributed by atoms with van der Waals surface area (Å²) in [5.74, 6) is -3.27. The zero-order valence-corrected chi connectivity index (χ0v) is 13.2. The molecule has 1 atom stereocenters. The molecule has 0 radical (unpaired) electrons. The molecule has 0 saturated carbocycles. The van der Waals surface area contributed by atoms with Gasteiger partial charge in [-0.1, -0.05) is 20.3 Å². The maximum Gasteiger partial charge on any atom is 0.264 e. The first-order valence-corrected chi connectivity index (χ1v) is 8.76. The van der Waals surface area contributed by atoms with Gasteiger partial charge in [0, 0.05) is 16.7 Å². The SMILES string of the molecule is CCCC(CC)NC(=O)c1cc(F)cc(S(=O)(=O)Cl)c1F. The van der Waals surface area contributed by atoms with Crippen LogP contribution < -0.4 is 5.32 Å². The Kier molecular flexibility index (Phi) is 6.10. The van der Waals surface area contributed by atoms with E-state index >= 15 is 0 Å². The van der Waals surface area contributed by atoms with Gasteiger partial charge in [-0.2, -0.15) is 0 Å². The van der Waals surface area contributed by atoms with Crippen molar-refractivity contribution in [2.75, 3.05) is 0 Å². The molecule has 1 aromatic rings. The fourth-order valence-corrected chi connectivity index (χ4v) is 2.81. The summed E-state index contributed by atoms with van der Waals surface area (Å²) < 4.78 is 49.8. The highest BCUT2D eigenvalue weighted by Gasteiger charge is 2.25. The van der Waals surface area contributed by atoms with E-state index in [9.17, 15) is 22.0 Å². The second kappa shape index (κ2) is 7.17. The van der Waals surface area contributed by atoms with Gasteiger partial charge in [0.2, 0.25) is 0 Å². The number of hydrogen-bond donors (Lipinski definition) is 1. The third kappa shape index (κ3) is 4.64. The molecule has 0 bridgehead atoms. The maximum atomic E-state index is 14.0. The van der Waals surface area contributed by atoms with Crippen molar-refractivity contribution in [3.63, 3.8) is 0 Å². The van der Waals surface area contributed by atoms with Crippen LogP contribution in [0, 0.1) is 11.6 Å². The summed E-state index contributed by atoms with van der Waals surface area (Å²) in [4.78, 5) is 10.9. The van der Waals surface area contributed by atoms with Gasteiger partial charge in [-0.15, -0.1) is 0 Å². The fraction of sp³-hybridized carbons (Fsp3) is 0.462. The van der Waals surface area contributed by atoms with Crippen LogP contribution in [0.15, 0.2) is 17.0 Å². The lowest BCUT2D eigenvalue weighted by molar-refractivity contribution is 0.0928. The first-order chi connectivity index (χ1) is 9.70. The topological polar surface area (TPSA) is 63.2 Å². The summed E-state index contributed by atoms with van der Waals surface area (Å²) in [6, 6.07) is 0.897. The molecule has 0 aliphatic rings. The standard InChI is InChI=1S/C13H16ClF2NO3S/c1-3-5-9(4-2)17-13(18)10-6-8(15)7-11(12(10)16)21(14,19)20/h6-7,9H,3-5H2,1-2H3,(H,17,18). The molecule has 4 nitrogen and oxygen atoms in total. The molecule has 0 heterocycles. The normalized spacial score (nSPS) is 13.0. The molecule has 1 amide bonds. The summed E-state index contributed by atoms with van der Waals surface area (Å²) in [6.07, 6.45) is 2.11. The Hall–Kier alpha value is -1.21. The minimum Gasteiger partial charge on any atom is -0.349 e. The van der Waals surface area contributed by atoms with Crippen LogP contribution in [0.5, 0.6) is 0 Å². The van der Waals surface area contributed by atoms with Crippen molar-refractivity contribution < 1.29 is 22.0 Å². The van der Waals surface area contributed by atoms with Crippen LogP contribution in [-0.4, -0.2) is 20.4 Å². The molecule has 0 aromatic heterocycles. The largest absolute Gasteiger partial charge is 0.349 e. The van der Waals surface area contributed by atoms with Crippen LogP contribution in [0.4, 0.5) is 8.78 Å². The van der Waals surface area contributed by atoms with E-state index in [1.807, 2.05) is 13.8 Å². The number of carbonyl (C=O) groups excluding carboxylic acids is 1. The summed E-state index contributed by atoms with van der Waals surface area (Å²) in [5, 5.41) is 2.55. The Bertz CT molecular complexity index is 635. The molecule has 0 spiro atoms. The Morgan fingerprint density at radius 1 is 1.33 bits per heavy atom. The third-order valence-electron chi connectivity index (χ3n) is 2.98. The lowest BCUT2D eigenvalue weighted by Gasteiger charge is -2.16. The van der Waals surface area contributed by atoms with Crippen LogP contribution >= 0.6 is 10.7 Å². The molecular weight excluding hydrogens is 324 g/mol. The summed E-state index contributed by atoms with van der Waals surface area (Å²) in [7, 11) is 0.550. The van der Waals surface area contributed by atoms with Crippen LogP contribution in [0.2, 0.25) is 0 Å². The van der Waals surface area contributed by atoms with Gasteiger partial charge >= 0.3 is 0 Å². The van der Waals surface area contributed by atoms with Gasteiger partial charge in [-0.3, -0.25) is 4.79 Å². The number of hydrogen-bond acceptors (Lipinski definition) is 3. The number of carbonyl (C=O) groups is 1. The van der Waals surface area contributed by atoms with E-state index in [0.717, 1.165) is 6.42 Å². The molecule has 1 N–H and O–H groups in total. The van der Waals surface area contributed by atoms with Gasteiger partial charge in [0.15, 0.2) is 5.82 Å². The van der Waals surface area contributed by atoms with Crippen molar-refractivity contribution in [1.29, 1.82) is 0 Å². The second-order valence-corrected chi connectivity index (χ2v) is 7.10. The lowest BCUT2D eigenvalue weighted by atomic mass is 10.1. The van der Waals surface area contributed by atoms with E-state index in [2.05, 4.69) is 5.32 Å². The second-order valence-electron chi connectivity index (χ2n) is 4.57. The summed E-state index contributed by atoms with van der Waals surface area (Å²) in [5.41, 5.74) is -0.677. The van der Waals surface area contributed by atoms with Gasteiger partial charge in [-0.25, -0.2) is 17.2 Å². The van der Waals surface area contributed by atoms with Gasteiger partial charge in [0.1, 0.15) is 10.7 Å². The molecule has 118 valence electrons. The molecule has 8 heteroatoms. The first kappa shape index (κ1) is 17.8. The smallest absolute Gasteiger partial charge is 0.264 e. The minimum absolute atomic E-state index is 0.193. The first-order valence-electron chi connectivity index (χ1n) is 6.45. The van der Waals surface area contributed by atoms with E-state index < -0.39 is 37.1 Å². The quantitative estimate of drug-likeness (QED) is 0.809. The number of halogens is 3. The summed E-state index contributed by atoms with van der Waals surface area (Å²) >= 11 is 0. The van der Waals surface area contributed by atoms with Crippen molar-refractivity contribution in [2.45, 2.75) is 44.0 Å². The van der Waals surface area contributed by atoms with Crippen molar-refractivity contribution in [1.82, 2.24) is 5.32 Å². The molecule has 0 aliphatic heterocycles. The summed E-state index contributed by atoms with van der Waals surface area (Å²) in [6.45, 7) is 3.77. The van der Waals surface area contributed by atoms with E-state index in [-0.39, 0.29) is 6.04 Å². The van der Waals surface area contributed by atoms with Crippen molar-refractivity contribution in [2.24, 2.45) is 0 Å². The predicted octanol–water partition coefficient (Wildman–Crippen LogP) is 3.20. The van der Waals surface area contributed by atoms with Crippen LogP contribution in [0.25, 0.3) is 0 Å². The van der Waals surface area contributed by atoms with E-state index in [4.69, 9.17) is 10.7 Å². The monoisotopic (exact) mass is 339 g/mol. The van der Waals surface area contributed by atoms with Crippen LogP contribution in [0.1, 0.15) is 43.5 Å². The van der Waals surface area contributed by atoms with E-state index in [0.29, 0.717) is 25.0 Å². The van der Waals surface area contributed by atoms with Gasteiger partial charge < -0.3 is 5.32 Å². The van der Waals surface area contributed by atoms with Crippen molar-refractivity contribution in [3.05, 3.63) is 29.3 Å². The zero-order chi connectivity index (χ0) is 16.2. The molecule has 1 unspecified atom stereocenters. The van der Waals surface area contributed by atoms with Gasteiger partial charge in [0.25, 0.3) is 15.0 Å². The molecule has 0 fully saturated rings. The molecule has 1 aromatic carbocycles. The van der Waals surface area contributed by atoms with E-state index in [1.165, 1.54) is 0 Å². The van der Waals surface area contributed by atoms with Gasteiger partial charge in [0.05, 0.1) is 5.56 Å². The van der Waals surface area contributed by atoms with Crippen LogP contribution in [0.3, 0.4) is 0 Å². The molecule has 0 aliphatic carbocycles. The van der Waals surface area contributed by atoms with Crippen molar-refractivity contribution >= 4 is 25.6 Å². The average molecular weight is 340 g/mol. The number of benzene rings is 1. The van der Waals surface area contributed by atoms with Crippen LogP contribution in [-0.2, 0) is 9.05 Å². The van der Waals surface area contributed by atoms with Gasteiger partial charge in [-0.05, 0) is 25.0 Å². The number of amides is 1. The number of rotatable bonds is 6. The molecule has 21 heavy (non-hydrogen) atoms. The average Bonchev–Trinajstić information content (AvgIpc) is 2.39. The molecule has 0 saturated heterocycles.